The molecule has 0 bridgehead atoms. The average Bonchev–Trinajstić information content (AvgIpc) is 2.69. The number of aromatic nitrogens is 2. The predicted molar refractivity (Wildman–Crippen MR) is 66.4 cm³/mol. The minimum Gasteiger partial charge on any atom is -0.384 e. The molecule has 0 spiro atoms. The number of hydrogen-bond acceptors (Lipinski definition) is 4. The van der Waals surface area contributed by atoms with E-state index in [-0.39, 0.29) is 5.82 Å². The van der Waals surface area contributed by atoms with Gasteiger partial charge in [0.05, 0.1) is 17.4 Å². The Morgan fingerprint density at radius 1 is 1.47 bits per heavy atom. The van der Waals surface area contributed by atoms with E-state index in [1.807, 2.05) is 10.0 Å². The van der Waals surface area contributed by atoms with E-state index in [1.54, 1.807) is 12.4 Å². The maximum absolute atomic E-state index is 8.59. The summed E-state index contributed by atoms with van der Waals surface area (Å²) in [6, 6.07) is 4.17. The summed E-state index contributed by atoms with van der Waals surface area (Å²) < 4.78 is 1.98. The first-order valence-electron chi connectivity index (χ1n) is 5.39. The van der Waals surface area contributed by atoms with Gasteiger partial charge in [-0.2, -0.15) is 0 Å². The molecule has 17 heavy (non-hydrogen) atoms. The van der Waals surface area contributed by atoms with E-state index < -0.39 is 0 Å². The van der Waals surface area contributed by atoms with Crippen molar-refractivity contribution in [3.05, 3.63) is 41.5 Å². The minimum atomic E-state index is 0.232. The fraction of sp³-hybridized carbons (Fsp3) is 0.250. The second-order valence-electron chi connectivity index (χ2n) is 4.09. The van der Waals surface area contributed by atoms with Crippen LogP contribution in [-0.4, -0.2) is 14.8 Å². The lowest BCUT2D eigenvalue weighted by Gasteiger charge is -2.04. The maximum atomic E-state index is 8.59. The fourth-order valence-corrected chi connectivity index (χ4v) is 1.70. The standard InChI is InChI=1S/C12H16N4O/c1-8-5-10-11(6-9(8)2)16(7-14-10)4-3-12(13)15-17/h3,5-7,15,17H,4,13H2,1-2H3/b12-3-. The molecular formula is C12H16N4O. The monoisotopic (exact) mass is 232 g/mol. The normalized spacial score (nSPS) is 12.1. The van der Waals surface area contributed by atoms with Crippen molar-refractivity contribution in [1.29, 1.82) is 0 Å². The van der Waals surface area contributed by atoms with E-state index in [9.17, 15) is 0 Å². The molecule has 1 aromatic carbocycles. The van der Waals surface area contributed by atoms with Gasteiger partial charge in [-0.15, -0.1) is 0 Å². The summed E-state index contributed by atoms with van der Waals surface area (Å²) >= 11 is 0. The summed E-state index contributed by atoms with van der Waals surface area (Å²) in [4.78, 5) is 4.33. The van der Waals surface area contributed by atoms with Crippen molar-refractivity contribution < 1.29 is 5.21 Å². The van der Waals surface area contributed by atoms with Crippen molar-refractivity contribution >= 4 is 11.0 Å². The van der Waals surface area contributed by atoms with Crippen LogP contribution in [0.25, 0.3) is 11.0 Å². The molecule has 0 saturated carbocycles. The van der Waals surface area contributed by atoms with Crippen LogP contribution in [0.15, 0.2) is 30.4 Å². The minimum absolute atomic E-state index is 0.232. The zero-order valence-corrected chi connectivity index (χ0v) is 9.94. The molecule has 0 fully saturated rings. The highest BCUT2D eigenvalue weighted by molar-refractivity contribution is 5.77. The van der Waals surface area contributed by atoms with Crippen LogP contribution in [0.4, 0.5) is 0 Å². The molecule has 2 rings (SSSR count). The summed E-state index contributed by atoms with van der Waals surface area (Å²) in [6.07, 6.45) is 3.46. The smallest absolute Gasteiger partial charge is 0.118 e. The molecule has 0 unspecified atom stereocenters. The number of hydrogen-bond donors (Lipinski definition) is 3. The third-order valence-corrected chi connectivity index (χ3v) is 2.87. The summed E-state index contributed by atoms with van der Waals surface area (Å²) in [6.45, 7) is 4.71. The molecule has 90 valence electrons. The third kappa shape index (κ3) is 2.24. The van der Waals surface area contributed by atoms with Crippen molar-refractivity contribution in [2.45, 2.75) is 20.4 Å². The number of aryl methyl sites for hydroxylation is 2. The Morgan fingerprint density at radius 3 is 2.88 bits per heavy atom. The van der Waals surface area contributed by atoms with Gasteiger partial charge < -0.3 is 10.3 Å². The molecule has 1 heterocycles. The zero-order valence-electron chi connectivity index (χ0n) is 9.94. The number of fused-ring (bicyclic) bond motifs is 1. The molecule has 0 aliphatic heterocycles. The van der Waals surface area contributed by atoms with E-state index in [4.69, 9.17) is 10.9 Å². The van der Waals surface area contributed by atoms with E-state index >= 15 is 0 Å². The van der Waals surface area contributed by atoms with E-state index in [1.165, 1.54) is 11.1 Å². The third-order valence-electron chi connectivity index (χ3n) is 2.87. The molecule has 1 aromatic heterocycles. The Kier molecular flexibility index (Phi) is 3.01. The second-order valence-corrected chi connectivity index (χ2v) is 4.09. The predicted octanol–water partition coefficient (Wildman–Crippen LogP) is 1.43. The van der Waals surface area contributed by atoms with Crippen LogP contribution < -0.4 is 11.2 Å². The Labute approximate surface area is 99.5 Å². The SMILES string of the molecule is Cc1cc2ncn(C/C=C(/N)NO)c2cc1C. The van der Waals surface area contributed by atoms with Crippen molar-refractivity contribution in [3.63, 3.8) is 0 Å². The average molecular weight is 232 g/mol. The van der Waals surface area contributed by atoms with E-state index in [0.29, 0.717) is 6.54 Å². The van der Waals surface area contributed by atoms with Crippen LogP contribution in [0.5, 0.6) is 0 Å². The van der Waals surface area contributed by atoms with Gasteiger partial charge in [0.15, 0.2) is 0 Å². The van der Waals surface area contributed by atoms with Crippen molar-refractivity contribution in [3.8, 4) is 0 Å². The van der Waals surface area contributed by atoms with E-state index in [2.05, 4.69) is 31.0 Å². The van der Waals surface area contributed by atoms with Crippen molar-refractivity contribution in [2.75, 3.05) is 0 Å². The molecule has 0 radical (unpaired) electrons. The number of imidazole rings is 1. The largest absolute Gasteiger partial charge is 0.384 e. The molecule has 0 saturated heterocycles. The summed E-state index contributed by atoms with van der Waals surface area (Å²) in [7, 11) is 0. The van der Waals surface area contributed by atoms with Crippen LogP contribution in [0.2, 0.25) is 0 Å². The van der Waals surface area contributed by atoms with Gasteiger partial charge >= 0.3 is 0 Å². The lowest BCUT2D eigenvalue weighted by atomic mass is 10.1. The van der Waals surface area contributed by atoms with Gasteiger partial charge in [0.25, 0.3) is 0 Å². The van der Waals surface area contributed by atoms with Gasteiger partial charge in [0, 0.05) is 6.54 Å². The summed E-state index contributed by atoms with van der Waals surface area (Å²) in [5.74, 6) is 0.232. The maximum Gasteiger partial charge on any atom is 0.118 e. The molecular weight excluding hydrogens is 216 g/mol. The highest BCUT2D eigenvalue weighted by atomic mass is 16.5. The van der Waals surface area contributed by atoms with Gasteiger partial charge in [-0.3, -0.25) is 10.7 Å². The Bertz CT molecular complexity index is 571. The van der Waals surface area contributed by atoms with Crippen LogP contribution in [0.1, 0.15) is 11.1 Å². The first-order chi connectivity index (χ1) is 8.11. The number of nitrogens with one attached hydrogen (secondary N) is 1. The van der Waals surface area contributed by atoms with E-state index in [0.717, 1.165) is 11.0 Å². The van der Waals surface area contributed by atoms with Crippen LogP contribution in [0.3, 0.4) is 0 Å². The van der Waals surface area contributed by atoms with Gasteiger partial charge in [0.1, 0.15) is 5.82 Å². The van der Waals surface area contributed by atoms with Crippen molar-refractivity contribution in [2.24, 2.45) is 5.73 Å². The molecule has 5 heteroatoms. The zero-order chi connectivity index (χ0) is 12.4. The van der Waals surface area contributed by atoms with Gasteiger partial charge in [0.2, 0.25) is 0 Å². The number of nitrogens with zero attached hydrogens (tertiary/aromatic N) is 2. The molecule has 5 nitrogen and oxygen atoms in total. The fourth-order valence-electron chi connectivity index (χ4n) is 1.70. The van der Waals surface area contributed by atoms with Crippen molar-refractivity contribution in [1.82, 2.24) is 15.0 Å². The quantitative estimate of drug-likeness (QED) is 0.700. The Hall–Kier alpha value is -2.01. The van der Waals surface area contributed by atoms with Gasteiger partial charge in [-0.05, 0) is 43.2 Å². The van der Waals surface area contributed by atoms with Gasteiger partial charge in [-0.25, -0.2) is 4.98 Å². The van der Waals surface area contributed by atoms with Crippen LogP contribution in [0, 0.1) is 13.8 Å². The molecule has 0 aliphatic rings. The van der Waals surface area contributed by atoms with Crippen LogP contribution in [-0.2, 0) is 6.54 Å². The molecule has 0 aliphatic carbocycles. The lowest BCUT2D eigenvalue weighted by Crippen LogP contribution is -2.16. The Balaban J connectivity index is 2.39. The second kappa shape index (κ2) is 4.47. The number of hydroxylamine groups is 1. The first kappa shape index (κ1) is 11.5. The van der Waals surface area contributed by atoms with Gasteiger partial charge in [-0.1, -0.05) is 0 Å². The summed E-state index contributed by atoms with van der Waals surface area (Å²) in [5.41, 5.74) is 11.9. The summed E-state index contributed by atoms with van der Waals surface area (Å²) in [5, 5.41) is 8.59. The number of nitrogens with two attached hydrogens (primary N) is 1. The molecule has 4 N–H and O–H groups in total. The number of allylic oxidation sites excluding steroid dienone is 1. The lowest BCUT2D eigenvalue weighted by molar-refractivity contribution is 0.198. The number of rotatable bonds is 3. The first-order valence-corrected chi connectivity index (χ1v) is 5.39. The molecule has 0 amide bonds. The highest BCUT2D eigenvalue weighted by Gasteiger charge is 2.03. The topological polar surface area (TPSA) is 76.1 Å². The molecule has 0 atom stereocenters. The van der Waals surface area contributed by atoms with Crippen LogP contribution >= 0.6 is 0 Å². The molecule has 2 aromatic rings. The highest BCUT2D eigenvalue weighted by Crippen LogP contribution is 2.18. The number of benzene rings is 1. The Morgan fingerprint density at radius 2 is 2.18 bits per heavy atom.